The van der Waals surface area contributed by atoms with Crippen molar-refractivity contribution in [1.82, 2.24) is 84.2 Å². The van der Waals surface area contributed by atoms with Crippen LogP contribution in [0.4, 0.5) is 5.69 Å². The number of aromatic nitrogens is 3. The van der Waals surface area contributed by atoms with Crippen LogP contribution in [0.1, 0.15) is 349 Å². The maximum absolute atomic E-state index is 12.5. The zero-order valence-electron chi connectivity index (χ0n) is 94.6. The largest absolute Gasteiger partial charge is 0.467 e. The van der Waals surface area contributed by atoms with Crippen LogP contribution in [0.2, 0.25) is 0 Å². The number of rotatable bonds is 47. The van der Waals surface area contributed by atoms with E-state index in [1.54, 1.807) is 43.0 Å². The Morgan fingerprint density at radius 1 is 0.405 bits per heavy atom. The number of benzene rings is 3. The molecule has 820 valence electrons. The molecule has 4 aromatic heterocycles. The molecule has 9 rings (SSSR count). The molecule has 1 aliphatic carbocycles. The molecule has 0 spiro atoms. The van der Waals surface area contributed by atoms with Gasteiger partial charge in [-0.1, -0.05) is 177 Å². The number of fused-ring (bicyclic) bond motifs is 1. The van der Waals surface area contributed by atoms with E-state index in [0.29, 0.717) is 81.7 Å². The molecule has 8 atom stereocenters. The average molecular weight is 2050 g/mol. The van der Waals surface area contributed by atoms with Crippen molar-refractivity contribution < 1.29 is 71.3 Å². The number of ketones is 6. The number of nitrogens with one attached hydrogen (secondary N) is 14. The molecule has 148 heavy (non-hydrogen) atoms. The lowest BCUT2D eigenvalue weighted by Crippen LogP contribution is -2.52. The van der Waals surface area contributed by atoms with Gasteiger partial charge in [-0.2, -0.15) is 0 Å². The summed E-state index contributed by atoms with van der Waals surface area (Å²) in [7, 11) is 0. The van der Waals surface area contributed by atoms with Gasteiger partial charge in [-0.15, -0.1) is 0 Å². The van der Waals surface area contributed by atoms with E-state index in [1.165, 1.54) is 30.2 Å². The lowest BCUT2D eigenvalue weighted by Gasteiger charge is -2.29. The number of nitrogens with zero attached hydrogens (tertiary/aromatic N) is 3. The van der Waals surface area contributed by atoms with Crippen LogP contribution < -0.4 is 74.4 Å². The van der Waals surface area contributed by atoms with E-state index in [1.807, 2.05) is 260 Å². The molecule has 0 bridgehead atoms. The highest BCUT2D eigenvalue weighted by molar-refractivity contribution is 6.40. The fraction of sp³-hybridized carbons (Fsp3) is 0.586. The Bertz CT molecular complexity index is 5190. The quantitative estimate of drug-likeness (QED) is 0.0158. The smallest absolute Gasteiger partial charge is 0.289 e. The van der Waals surface area contributed by atoms with Crippen molar-refractivity contribution in [2.45, 2.75) is 429 Å². The molecule has 7 amide bonds. The molecule has 3 aromatic carbocycles. The number of furan rings is 1. The van der Waals surface area contributed by atoms with E-state index >= 15 is 0 Å². The standard InChI is InChI=1S/C21H29N3O3.C20H29N3O3.C17H27N3O2.C16H25N3O2.C15H24N2O3.C14H28N2O2.C13H19N/c1-6-7-17(23-21(3,4)5)19(25)20(26)22-13-16-12-18(24-27-16)15-10-8-14(2)9-11-15;1-5-8-16(23-20(2,3)4)17(24)19(26)21-12-11-14-13-9-6-7-10-15(13)22-18(14)25;1-5-7-14(20-17(2,3)4)15(21)16(22)19-11-9-13-8-6-10-18-12-13;1-5-6-13(19-16(2,3)4)14(20)15(21)18-11-12-7-9-17-10-8-12;1-5-7-12(17-15(2,3)4)13(18)14(19)16-10-11-8-6-9-20-11;1-7-9-11(16-14(4,5)6)12(17)13(18)15-10(3)8-2;1-12(2,3)14-13(9-10-13)11-7-5-4-6-8-11/h8-12,17,23H,6-7,13H2,1-5H3,(H,22,26);6-7,9-10,14,16,23H,5,8,11-12H2,1-4H3,(H,21,26)(H,22,25);6,8,10,12,14,20H,5,7,9,11H2,1-4H3,(H,19,22);7-10,13,19H,5-6,11H2,1-4H3,(H,18,21);6,8-9,12,17H,5,7,10H2,1-4H3,(H,16,19);10-11,16H,7-9H2,1-6H3,(H,15,18);4-8,14H,9-10H2,1-3H3. The topological polar surface area (TPSA) is 455 Å². The third-order valence-electron chi connectivity index (χ3n) is 22.6. The highest BCUT2D eigenvalue weighted by atomic mass is 16.5. The SMILES string of the molecule is CC(C)(C)NC1(c2ccccc2)CC1.CCCC(NC(C)(C)C)C(=O)C(=O)NC(C)CC.CCCC(NC(C)(C)C)C(=O)C(=O)NCCC1C(=O)Nc2ccccc21.CCCC(NC(C)(C)C)C(=O)C(=O)NCCc1cccnc1.CCCC(NC(C)(C)C)C(=O)C(=O)NCc1cc(-c2ccc(C)cc2)no1.CCCC(NC(C)(C)C)C(=O)C(=O)NCc1ccco1.CCCC(NC(C)(C)C)C(=O)C(=O)NCc1ccncc1. The van der Waals surface area contributed by atoms with Gasteiger partial charge in [0.1, 0.15) is 11.5 Å². The number of pyridine rings is 2. The van der Waals surface area contributed by atoms with Crippen molar-refractivity contribution in [2.75, 3.05) is 18.4 Å². The number of hydrogen-bond acceptors (Lipinski definition) is 25. The van der Waals surface area contributed by atoms with E-state index in [4.69, 9.17) is 8.94 Å². The van der Waals surface area contributed by atoms with Crippen LogP contribution in [-0.2, 0) is 93.9 Å². The molecule has 1 aliphatic heterocycles. The van der Waals surface area contributed by atoms with Crippen LogP contribution in [0.5, 0.6) is 0 Å². The molecular formula is C116H181N17O15. The molecule has 8 unspecified atom stereocenters. The summed E-state index contributed by atoms with van der Waals surface area (Å²) in [5.41, 5.74) is 7.15. The summed E-state index contributed by atoms with van der Waals surface area (Å²) in [5.74, 6) is -5.00. The summed E-state index contributed by atoms with van der Waals surface area (Å²) < 4.78 is 10.4. The molecule has 32 nitrogen and oxygen atoms in total. The van der Waals surface area contributed by atoms with Gasteiger partial charge in [0.15, 0.2) is 5.76 Å². The summed E-state index contributed by atoms with van der Waals surface area (Å²) in [6.07, 6.45) is 21.7. The Hall–Kier alpha value is -11.5. The molecule has 32 heteroatoms. The number of anilines is 1. The average Bonchev–Trinajstić information content (AvgIpc) is 1.61. The van der Waals surface area contributed by atoms with Crippen LogP contribution in [-0.4, -0.2) is 185 Å². The van der Waals surface area contributed by atoms with Crippen molar-refractivity contribution in [3.63, 3.8) is 0 Å². The Kier molecular flexibility index (Phi) is 56.6. The van der Waals surface area contributed by atoms with E-state index < -0.39 is 88.8 Å². The minimum Gasteiger partial charge on any atom is -0.467 e. The van der Waals surface area contributed by atoms with Gasteiger partial charge >= 0.3 is 0 Å². The second-order valence-electron chi connectivity index (χ2n) is 45.3. The fourth-order valence-corrected chi connectivity index (χ4v) is 15.8. The summed E-state index contributed by atoms with van der Waals surface area (Å²) >= 11 is 0. The van der Waals surface area contributed by atoms with E-state index in [-0.39, 0.29) is 99.4 Å². The zero-order chi connectivity index (χ0) is 112. The minimum atomic E-state index is -0.613. The Labute approximate surface area is 882 Å². The van der Waals surface area contributed by atoms with Crippen molar-refractivity contribution in [1.29, 1.82) is 0 Å². The zero-order valence-corrected chi connectivity index (χ0v) is 94.6. The number of para-hydroxylation sites is 1. The molecule has 0 saturated heterocycles. The van der Waals surface area contributed by atoms with Gasteiger partial charge in [-0.05, 0) is 289 Å². The van der Waals surface area contributed by atoms with Gasteiger partial charge in [-0.25, -0.2) is 0 Å². The van der Waals surface area contributed by atoms with E-state index in [0.717, 1.165) is 72.9 Å². The molecular weight excluding hydrogens is 1870 g/mol. The number of hydrogen-bond donors (Lipinski definition) is 14. The Morgan fingerprint density at radius 2 is 0.797 bits per heavy atom. The number of carbonyl (C=O) groups is 13. The van der Waals surface area contributed by atoms with Crippen molar-refractivity contribution in [2.24, 2.45) is 0 Å². The highest BCUT2D eigenvalue weighted by Crippen LogP contribution is 2.47. The Morgan fingerprint density at radius 3 is 1.18 bits per heavy atom. The summed E-state index contributed by atoms with van der Waals surface area (Å²) in [4.78, 5) is 166. The number of amides is 7. The van der Waals surface area contributed by atoms with Crippen molar-refractivity contribution in [3.8, 4) is 11.3 Å². The van der Waals surface area contributed by atoms with Crippen LogP contribution in [0, 0.1) is 6.92 Å². The molecule has 14 N–H and O–H groups in total. The van der Waals surface area contributed by atoms with Gasteiger partial charge in [0.05, 0.1) is 61.5 Å². The third-order valence-corrected chi connectivity index (χ3v) is 22.6. The normalized spacial score (nSPS) is 14.5. The first-order chi connectivity index (χ1) is 69.1. The molecule has 5 heterocycles. The van der Waals surface area contributed by atoms with Gasteiger partial charge in [0, 0.05) is 112 Å². The second kappa shape index (κ2) is 64.1. The monoisotopic (exact) mass is 2050 g/mol. The Balaban J connectivity index is 0.000000447. The number of aryl methyl sites for hydroxylation is 1. The molecule has 0 radical (unpaired) electrons. The minimum absolute atomic E-state index is 0.0402. The second-order valence-corrected chi connectivity index (χ2v) is 45.3. The van der Waals surface area contributed by atoms with Gasteiger partial charge in [-0.3, -0.25) is 72.3 Å². The predicted molar refractivity (Wildman–Crippen MR) is 589 cm³/mol. The van der Waals surface area contributed by atoms with E-state index in [2.05, 4.69) is 141 Å². The number of carbonyl (C=O) groups excluding carboxylic acids is 13. The van der Waals surface area contributed by atoms with E-state index in [9.17, 15) is 62.3 Å². The maximum Gasteiger partial charge on any atom is 0.289 e. The summed E-state index contributed by atoms with van der Waals surface area (Å²) in [6.45, 7) is 61.6. The van der Waals surface area contributed by atoms with Crippen LogP contribution in [0.15, 0.2) is 161 Å². The van der Waals surface area contributed by atoms with Gasteiger partial charge < -0.3 is 83.4 Å². The van der Waals surface area contributed by atoms with Gasteiger partial charge in [0.2, 0.25) is 40.6 Å². The summed E-state index contributed by atoms with van der Waals surface area (Å²) in [6, 6.07) is 36.3. The summed E-state index contributed by atoms with van der Waals surface area (Å²) in [5, 5.41) is 45.9. The van der Waals surface area contributed by atoms with Crippen LogP contribution >= 0.6 is 0 Å². The fourth-order valence-electron chi connectivity index (χ4n) is 15.8. The first-order valence-electron chi connectivity index (χ1n) is 52.8. The number of Topliss-reactive ketones (excluding diaryl/α,β-unsaturated/α-hetero) is 6. The van der Waals surface area contributed by atoms with Crippen LogP contribution in [0.25, 0.3) is 11.3 Å². The molecule has 2 aliphatic rings. The molecule has 1 fully saturated rings. The van der Waals surface area contributed by atoms with Crippen molar-refractivity contribution in [3.05, 3.63) is 192 Å². The van der Waals surface area contributed by atoms with Crippen molar-refractivity contribution >= 4 is 81.7 Å². The first-order valence-corrected chi connectivity index (χ1v) is 52.8. The maximum atomic E-state index is 12.5. The molecule has 1 saturated carbocycles. The third kappa shape index (κ3) is 53.6. The van der Waals surface area contributed by atoms with Gasteiger partial charge in [0.25, 0.3) is 35.4 Å². The lowest BCUT2D eigenvalue weighted by molar-refractivity contribution is -0.139. The molecule has 7 aromatic rings. The van der Waals surface area contributed by atoms with Crippen LogP contribution in [0.3, 0.4) is 0 Å². The first kappa shape index (κ1) is 131. The lowest BCUT2D eigenvalue weighted by atomic mass is 9.97. The predicted octanol–water partition coefficient (Wildman–Crippen LogP) is 16.5. The highest BCUT2D eigenvalue weighted by Gasteiger charge is 2.46.